The van der Waals surface area contributed by atoms with Crippen molar-refractivity contribution in [2.45, 2.75) is 25.7 Å². The minimum Gasteiger partial charge on any atom is -0.341 e. The Morgan fingerprint density at radius 1 is 1.44 bits per heavy atom. The van der Waals surface area contributed by atoms with Gasteiger partial charge >= 0.3 is 0 Å². The second-order valence-corrected chi connectivity index (χ2v) is 5.79. The maximum Gasteiger partial charge on any atom is 0.157 e. The summed E-state index contributed by atoms with van der Waals surface area (Å²) in [5, 5.41) is 0. The predicted molar refractivity (Wildman–Crippen MR) is 77.1 cm³/mol. The fourth-order valence-electron chi connectivity index (χ4n) is 1.92. The number of halogens is 1. The highest BCUT2D eigenvalue weighted by molar-refractivity contribution is 9.10. The van der Waals surface area contributed by atoms with E-state index in [2.05, 4.69) is 30.9 Å². The van der Waals surface area contributed by atoms with Gasteiger partial charge in [-0.05, 0) is 53.4 Å². The van der Waals surface area contributed by atoms with Crippen LogP contribution in [0, 0.1) is 11.6 Å². The van der Waals surface area contributed by atoms with E-state index in [0.717, 1.165) is 27.2 Å². The van der Waals surface area contributed by atoms with E-state index in [0.29, 0.717) is 10.6 Å². The molecule has 3 rings (SSSR count). The predicted octanol–water partition coefficient (Wildman–Crippen LogP) is 4.15. The summed E-state index contributed by atoms with van der Waals surface area (Å²) in [6.07, 6.45) is 4.23. The van der Waals surface area contributed by atoms with E-state index in [1.165, 1.54) is 12.8 Å². The van der Waals surface area contributed by atoms with Crippen LogP contribution in [0.4, 0.5) is 0 Å². The van der Waals surface area contributed by atoms with E-state index >= 15 is 0 Å². The molecule has 5 heteroatoms. The maximum atomic E-state index is 5.30. The van der Waals surface area contributed by atoms with Crippen molar-refractivity contribution in [3.63, 3.8) is 0 Å². The third-order valence-corrected chi connectivity index (χ3v) is 4.39. The molecule has 1 aliphatic rings. The number of hydrogen-bond acceptors (Lipinski definition) is 3. The highest BCUT2D eigenvalue weighted by Crippen LogP contribution is 2.42. The normalized spacial score (nSPS) is 14.8. The molecule has 0 amide bonds. The fraction of sp³-hybridized carbons (Fsp3) is 0.308. The second-order valence-electron chi connectivity index (χ2n) is 4.61. The first-order chi connectivity index (χ1) is 8.65. The van der Waals surface area contributed by atoms with Gasteiger partial charge in [-0.15, -0.1) is 0 Å². The van der Waals surface area contributed by atoms with Crippen molar-refractivity contribution in [3.05, 3.63) is 38.7 Å². The van der Waals surface area contributed by atoms with Gasteiger partial charge in [0.2, 0.25) is 0 Å². The minimum atomic E-state index is 0.590. The number of aromatic nitrogens is 3. The molecule has 0 radical (unpaired) electrons. The Hall–Kier alpha value is -1.07. The number of nitrogens with one attached hydrogen (secondary N) is 1. The van der Waals surface area contributed by atoms with Crippen LogP contribution in [-0.4, -0.2) is 15.0 Å². The quantitative estimate of drug-likeness (QED) is 0.845. The van der Waals surface area contributed by atoms with Crippen molar-refractivity contribution in [2.24, 2.45) is 0 Å². The van der Waals surface area contributed by atoms with Crippen molar-refractivity contribution in [3.8, 4) is 11.5 Å². The third kappa shape index (κ3) is 2.24. The van der Waals surface area contributed by atoms with Crippen LogP contribution in [0.3, 0.4) is 0 Å². The first kappa shape index (κ1) is 12.0. The molecule has 3 nitrogen and oxygen atoms in total. The lowest BCUT2D eigenvalue weighted by atomic mass is 10.2. The van der Waals surface area contributed by atoms with Crippen molar-refractivity contribution < 1.29 is 0 Å². The number of H-pyrrole nitrogens is 1. The average Bonchev–Trinajstić information content (AvgIpc) is 3.16. The molecule has 0 aromatic carbocycles. The Balaban J connectivity index is 2.15. The summed E-state index contributed by atoms with van der Waals surface area (Å²) in [5.74, 6) is 1.35. The Morgan fingerprint density at radius 3 is 2.89 bits per heavy atom. The molecule has 18 heavy (non-hydrogen) atoms. The number of aromatic amines is 1. The molecular formula is C13H12BrN3S. The van der Waals surface area contributed by atoms with Gasteiger partial charge in [0.25, 0.3) is 0 Å². The molecule has 1 fully saturated rings. The zero-order chi connectivity index (χ0) is 12.7. The Bertz CT molecular complexity index is 662. The van der Waals surface area contributed by atoms with E-state index in [-0.39, 0.29) is 0 Å². The first-order valence-electron chi connectivity index (χ1n) is 5.88. The lowest BCUT2D eigenvalue weighted by Gasteiger charge is -2.07. The van der Waals surface area contributed by atoms with Gasteiger partial charge in [0.1, 0.15) is 10.3 Å². The third-order valence-electron chi connectivity index (χ3n) is 3.03. The van der Waals surface area contributed by atoms with Gasteiger partial charge in [-0.25, -0.2) is 4.98 Å². The molecule has 0 atom stereocenters. The molecular weight excluding hydrogens is 310 g/mol. The van der Waals surface area contributed by atoms with Crippen LogP contribution >= 0.6 is 28.1 Å². The van der Waals surface area contributed by atoms with Gasteiger partial charge in [0, 0.05) is 17.8 Å². The van der Waals surface area contributed by atoms with E-state index in [1.54, 1.807) is 6.20 Å². The molecule has 1 aliphatic carbocycles. The Kier molecular flexibility index (Phi) is 3.03. The van der Waals surface area contributed by atoms with Crippen molar-refractivity contribution in [2.75, 3.05) is 0 Å². The topological polar surface area (TPSA) is 41.6 Å². The smallest absolute Gasteiger partial charge is 0.157 e. The molecule has 0 bridgehead atoms. The van der Waals surface area contributed by atoms with Crippen LogP contribution in [-0.2, 0) is 0 Å². The molecule has 1 saturated carbocycles. The summed E-state index contributed by atoms with van der Waals surface area (Å²) in [4.78, 5) is 12.1. The molecule has 1 N–H and O–H groups in total. The minimum absolute atomic E-state index is 0.590. The summed E-state index contributed by atoms with van der Waals surface area (Å²) in [5.41, 5.74) is 3.17. The van der Waals surface area contributed by atoms with Gasteiger partial charge in [0.05, 0.1) is 4.47 Å². The zero-order valence-corrected chi connectivity index (χ0v) is 12.3. The van der Waals surface area contributed by atoms with Gasteiger partial charge in [-0.2, -0.15) is 0 Å². The van der Waals surface area contributed by atoms with Gasteiger partial charge in [0.15, 0.2) is 5.82 Å². The summed E-state index contributed by atoms with van der Waals surface area (Å²) < 4.78 is 1.53. The van der Waals surface area contributed by atoms with Gasteiger partial charge in [-0.1, -0.05) is 12.2 Å². The Morgan fingerprint density at radius 2 is 2.22 bits per heavy atom. The molecule has 0 unspecified atom stereocenters. The van der Waals surface area contributed by atoms with E-state index in [9.17, 15) is 0 Å². The fourth-order valence-corrected chi connectivity index (χ4v) is 2.63. The van der Waals surface area contributed by atoms with Gasteiger partial charge < -0.3 is 4.98 Å². The first-order valence-corrected chi connectivity index (χ1v) is 7.08. The lowest BCUT2D eigenvalue weighted by molar-refractivity contribution is 0.966. The van der Waals surface area contributed by atoms with Crippen LogP contribution in [0.1, 0.15) is 30.0 Å². The number of aryl methyl sites for hydroxylation is 1. The van der Waals surface area contributed by atoms with Crippen molar-refractivity contribution >= 4 is 28.1 Å². The molecule has 0 saturated heterocycles. The number of nitrogens with zero attached hydrogens (tertiary/aromatic N) is 2. The van der Waals surface area contributed by atoms with Crippen LogP contribution in [0.2, 0.25) is 0 Å². The van der Waals surface area contributed by atoms with Crippen LogP contribution in [0.25, 0.3) is 11.5 Å². The van der Waals surface area contributed by atoms with Crippen LogP contribution in [0.5, 0.6) is 0 Å². The number of pyridine rings is 1. The van der Waals surface area contributed by atoms with Crippen molar-refractivity contribution in [1.29, 1.82) is 0 Å². The molecule has 2 aromatic rings. The van der Waals surface area contributed by atoms with Crippen LogP contribution in [0.15, 0.2) is 22.8 Å². The van der Waals surface area contributed by atoms with E-state index in [4.69, 9.17) is 12.2 Å². The number of hydrogen-bond donors (Lipinski definition) is 1. The standard InChI is InChI=1S/C13H12BrN3S/c1-7-4-5-15-9(6-7)12-16-11(8-2-3-8)10(14)13(18)17-12/h4-6,8H,2-3H2,1H3,(H,16,17,18). The zero-order valence-electron chi connectivity index (χ0n) is 9.90. The summed E-state index contributed by atoms with van der Waals surface area (Å²) in [7, 11) is 0. The van der Waals surface area contributed by atoms with Crippen LogP contribution < -0.4 is 0 Å². The average molecular weight is 322 g/mol. The molecule has 92 valence electrons. The Labute approximate surface area is 119 Å². The second kappa shape index (κ2) is 4.55. The molecule has 2 heterocycles. The SMILES string of the molecule is Cc1ccnc(-c2nc(=S)c(Br)c(C3CC3)[nH]2)c1. The largest absolute Gasteiger partial charge is 0.341 e. The van der Waals surface area contributed by atoms with Gasteiger partial charge in [-0.3, -0.25) is 4.98 Å². The van der Waals surface area contributed by atoms with E-state index < -0.39 is 0 Å². The summed E-state index contributed by atoms with van der Waals surface area (Å²) in [6, 6.07) is 3.98. The highest BCUT2D eigenvalue weighted by atomic mass is 79.9. The monoisotopic (exact) mass is 321 g/mol. The number of rotatable bonds is 2. The van der Waals surface area contributed by atoms with E-state index in [1.807, 2.05) is 19.1 Å². The molecule has 2 aromatic heterocycles. The summed E-state index contributed by atoms with van der Waals surface area (Å²) >= 11 is 8.83. The lowest BCUT2D eigenvalue weighted by Crippen LogP contribution is -1.98. The van der Waals surface area contributed by atoms with Crippen molar-refractivity contribution in [1.82, 2.24) is 15.0 Å². The molecule has 0 spiro atoms. The summed E-state index contributed by atoms with van der Waals surface area (Å²) in [6.45, 7) is 2.04. The maximum absolute atomic E-state index is 5.30. The molecule has 0 aliphatic heterocycles. The highest BCUT2D eigenvalue weighted by Gasteiger charge is 2.27.